The molecule has 0 aliphatic carbocycles. The minimum absolute atomic E-state index is 1.09. The fraction of sp³-hybridized carbons (Fsp3) is 0. The van der Waals surface area contributed by atoms with Gasteiger partial charge in [-0.1, -0.05) is 182 Å². The van der Waals surface area contributed by atoms with Crippen LogP contribution >= 0.6 is 0 Å². The van der Waals surface area contributed by atoms with E-state index in [4.69, 9.17) is 0 Å². The van der Waals surface area contributed by atoms with Gasteiger partial charge in [0.2, 0.25) is 0 Å². The molecule has 53 heavy (non-hydrogen) atoms. The lowest BCUT2D eigenvalue weighted by Crippen LogP contribution is -2.11. The molecule has 250 valence electrons. The monoisotopic (exact) mass is 675 g/mol. The van der Waals surface area contributed by atoms with Gasteiger partial charge in [0.1, 0.15) is 0 Å². The average molecular weight is 676 g/mol. The van der Waals surface area contributed by atoms with Crippen molar-refractivity contribution in [3.8, 4) is 55.6 Å². The molecule has 9 rings (SSSR count). The molecule has 0 unspecified atom stereocenters. The highest BCUT2D eigenvalue weighted by Gasteiger charge is 2.19. The van der Waals surface area contributed by atoms with Crippen LogP contribution in [0.2, 0.25) is 0 Å². The lowest BCUT2D eigenvalue weighted by molar-refractivity contribution is 1.28. The van der Waals surface area contributed by atoms with Gasteiger partial charge in [-0.3, -0.25) is 0 Å². The molecule has 0 aromatic heterocycles. The van der Waals surface area contributed by atoms with Crippen LogP contribution in [0.3, 0.4) is 0 Å². The Labute approximate surface area is 311 Å². The van der Waals surface area contributed by atoms with Crippen LogP contribution in [0.25, 0.3) is 66.4 Å². The van der Waals surface area contributed by atoms with E-state index in [0.717, 1.165) is 22.6 Å². The van der Waals surface area contributed by atoms with E-state index in [1.165, 1.54) is 60.8 Å². The smallest absolute Gasteiger partial charge is 0.0540 e. The van der Waals surface area contributed by atoms with Crippen LogP contribution < -0.4 is 4.90 Å². The molecule has 0 bridgehead atoms. The molecular weight excluding hydrogens is 639 g/mol. The molecule has 1 heteroatoms. The average Bonchev–Trinajstić information content (AvgIpc) is 3.25. The zero-order valence-corrected chi connectivity index (χ0v) is 29.3. The topological polar surface area (TPSA) is 3.24 Å². The highest BCUT2D eigenvalue weighted by Crippen LogP contribution is 2.44. The van der Waals surface area contributed by atoms with Gasteiger partial charge in [-0.25, -0.2) is 0 Å². The minimum Gasteiger partial charge on any atom is -0.310 e. The van der Waals surface area contributed by atoms with Crippen molar-refractivity contribution in [3.63, 3.8) is 0 Å². The molecule has 0 fully saturated rings. The predicted octanol–water partition coefficient (Wildman–Crippen LogP) is 14.6. The van der Waals surface area contributed by atoms with Crippen molar-refractivity contribution in [2.24, 2.45) is 0 Å². The summed E-state index contributed by atoms with van der Waals surface area (Å²) in [6, 6.07) is 80.9. The second-order valence-electron chi connectivity index (χ2n) is 13.4. The first kappa shape index (κ1) is 32.0. The number of fused-ring (bicyclic) bond motifs is 1. The fourth-order valence-corrected chi connectivity index (χ4v) is 7.46. The zero-order chi connectivity index (χ0) is 35.4. The first-order chi connectivity index (χ1) is 26.3. The van der Waals surface area contributed by atoms with Crippen LogP contribution in [-0.2, 0) is 0 Å². The maximum atomic E-state index is 2.41. The van der Waals surface area contributed by atoms with E-state index in [-0.39, 0.29) is 0 Å². The zero-order valence-electron chi connectivity index (χ0n) is 29.3. The molecule has 0 amide bonds. The quantitative estimate of drug-likeness (QED) is 0.155. The van der Waals surface area contributed by atoms with Gasteiger partial charge in [-0.05, 0) is 103 Å². The summed E-state index contributed by atoms with van der Waals surface area (Å²) in [5.41, 5.74) is 15.2. The first-order valence-electron chi connectivity index (χ1n) is 18.2. The molecule has 0 N–H and O–H groups in total. The number of para-hydroxylation sites is 1. The second-order valence-corrected chi connectivity index (χ2v) is 13.4. The lowest BCUT2D eigenvalue weighted by Gasteiger charge is -2.29. The molecule has 0 saturated heterocycles. The summed E-state index contributed by atoms with van der Waals surface area (Å²) in [5, 5.41) is 2.50. The number of benzene rings is 9. The molecule has 0 spiro atoms. The van der Waals surface area contributed by atoms with Crippen molar-refractivity contribution >= 4 is 27.8 Å². The summed E-state index contributed by atoms with van der Waals surface area (Å²) >= 11 is 0. The van der Waals surface area contributed by atoms with E-state index in [0.29, 0.717) is 0 Å². The number of hydrogen-bond acceptors (Lipinski definition) is 1. The molecule has 0 saturated carbocycles. The third kappa shape index (κ3) is 6.53. The largest absolute Gasteiger partial charge is 0.310 e. The van der Waals surface area contributed by atoms with Crippen LogP contribution in [0.4, 0.5) is 17.1 Å². The van der Waals surface area contributed by atoms with E-state index < -0.39 is 0 Å². The molecule has 0 atom stereocenters. The Morgan fingerprint density at radius 1 is 0.245 bits per heavy atom. The van der Waals surface area contributed by atoms with Crippen molar-refractivity contribution in [2.75, 3.05) is 4.90 Å². The Morgan fingerprint density at radius 3 is 1.32 bits per heavy atom. The van der Waals surface area contributed by atoms with Gasteiger partial charge in [-0.2, -0.15) is 0 Å². The Hall–Kier alpha value is -6.96. The minimum atomic E-state index is 1.09. The van der Waals surface area contributed by atoms with Crippen LogP contribution in [0.15, 0.2) is 224 Å². The number of rotatable bonds is 8. The molecular formula is C52H37N. The van der Waals surface area contributed by atoms with Gasteiger partial charge in [0.15, 0.2) is 0 Å². The molecule has 1 nitrogen and oxygen atoms in total. The standard InChI is InChI=1S/C52H37N/c1-3-16-38(17-4-1)41-22-11-23-42(34-41)44-25-14-29-48(37-44)53(47-28-13-24-43(36-47)39-18-5-2-6-19-39)52-33-10-9-31-51(52)46-27-12-26-45(35-46)50-32-15-21-40-20-7-8-30-49(40)50/h1-37H. The maximum Gasteiger partial charge on any atom is 0.0540 e. The van der Waals surface area contributed by atoms with Crippen molar-refractivity contribution in [1.82, 2.24) is 0 Å². The summed E-state index contributed by atoms with van der Waals surface area (Å²) in [6.07, 6.45) is 0. The number of anilines is 3. The summed E-state index contributed by atoms with van der Waals surface area (Å²) in [7, 11) is 0. The SMILES string of the molecule is c1ccc(-c2cccc(-c3cccc(N(c4cccc(-c5ccccc5)c4)c4ccccc4-c4cccc(-c5cccc6ccccc56)c4)c3)c2)cc1. The van der Waals surface area contributed by atoms with Crippen LogP contribution in [-0.4, -0.2) is 0 Å². The summed E-state index contributed by atoms with van der Waals surface area (Å²) < 4.78 is 0. The molecule has 9 aromatic rings. The third-order valence-corrected chi connectivity index (χ3v) is 10.0. The summed E-state index contributed by atoms with van der Waals surface area (Å²) in [4.78, 5) is 2.41. The van der Waals surface area contributed by atoms with Crippen molar-refractivity contribution in [1.29, 1.82) is 0 Å². The molecule has 9 aromatic carbocycles. The number of hydrogen-bond donors (Lipinski definition) is 0. The van der Waals surface area contributed by atoms with E-state index in [1.807, 2.05) is 0 Å². The molecule has 0 radical (unpaired) electrons. The van der Waals surface area contributed by atoms with Gasteiger partial charge in [0.05, 0.1) is 5.69 Å². The van der Waals surface area contributed by atoms with Crippen LogP contribution in [0.1, 0.15) is 0 Å². The second kappa shape index (κ2) is 14.3. The van der Waals surface area contributed by atoms with E-state index >= 15 is 0 Å². The van der Waals surface area contributed by atoms with Crippen molar-refractivity contribution in [3.05, 3.63) is 224 Å². The van der Waals surface area contributed by atoms with Crippen molar-refractivity contribution in [2.45, 2.75) is 0 Å². The van der Waals surface area contributed by atoms with Gasteiger partial charge in [0, 0.05) is 16.9 Å². The van der Waals surface area contributed by atoms with Gasteiger partial charge in [-0.15, -0.1) is 0 Å². The normalized spacial score (nSPS) is 11.0. The number of nitrogens with zero attached hydrogens (tertiary/aromatic N) is 1. The van der Waals surface area contributed by atoms with Gasteiger partial charge < -0.3 is 4.90 Å². The Bertz CT molecular complexity index is 2670. The van der Waals surface area contributed by atoms with E-state index in [9.17, 15) is 0 Å². The van der Waals surface area contributed by atoms with Gasteiger partial charge in [0.25, 0.3) is 0 Å². The Morgan fingerprint density at radius 2 is 0.642 bits per heavy atom. The molecule has 0 aliphatic heterocycles. The third-order valence-electron chi connectivity index (χ3n) is 10.0. The Kier molecular flexibility index (Phi) is 8.66. The predicted molar refractivity (Wildman–Crippen MR) is 226 cm³/mol. The van der Waals surface area contributed by atoms with Crippen LogP contribution in [0, 0.1) is 0 Å². The van der Waals surface area contributed by atoms with E-state index in [1.54, 1.807) is 0 Å². The fourth-order valence-electron chi connectivity index (χ4n) is 7.46. The Balaban J connectivity index is 1.20. The summed E-state index contributed by atoms with van der Waals surface area (Å²) in [5.74, 6) is 0. The highest BCUT2D eigenvalue weighted by atomic mass is 15.1. The van der Waals surface area contributed by atoms with Crippen LogP contribution in [0.5, 0.6) is 0 Å². The van der Waals surface area contributed by atoms with E-state index in [2.05, 4.69) is 229 Å². The highest BCUT2D eigenvalue weighted by molar-refractivity contribution is 5.98. The summed E-state index contributed by atoms with van der Waals surface area (Å²) in [6.45, 7) is 0. The lowest BCUT2D eigenvalue weighted by atomic mass is 9.94. The molecule has 0 aliphatic rings. The maximum absolute atomic E-state index is 2.41. The first-order valence-corrected chi connectivity index (χ1v) is 18.2. The van der Waals surface area contributed by atoms with Crippen molar-refractivity contribution < 1.29 is 0 Å². The van der Waals surface area contributed by atoms with Gasteiger partial charge >= 0.3 is 0 Å². The molecule has 0 heterocycles.